The SMILES string of the molecule is COC(=O)CCCCCCCCC(O)CN1CCCCC1.[Cl-]. The van der Waals surface area contributed by atoms with Crippen LogP contribution in [0, 0.1) is 0 Å². The Balaban J connectivity index is 0.00000441. The first-order valence-electron chi connectivity index (χ1n) is 8.69. The van der Waals surface area contributed by atoms with Crippen molar-refractivity contribution < 1.29 is 27.0 Å². The van der Waals surface area contributed by atoms with Crippen molar-refractivity contribution in [1.82, 2.24) is 4.90 Å². The molecule has 1 N–H and O–H groups in total. The Hall–Kier alpha value is -0.320. The number of unbranched alkanes of at least 4 members (excludes halogenated alkanes) is 5. The standard InChI is InChI=1S/C17H33NO3.ClH/c1-21-17(20)12-8-5-3-2-4-7-11-16(19)15-18-13-9-6-10-14-18;/h16,19H,2-15H2,1H3;1H/p-1. The molecule has 1 unspecified atom stereocenters. The van der Waals surface area contributed by atoms with Crippen molar-refractivity contribution in [1.29, 1.82) is 0 Å². The van der Waals surface area contributed by atoms with E-state index in [9.17, 15) is 9.90 Å². The highest BCUT2D eigenvalue weighted by molar-refractivity contribution is 5.68. The van der Waals surface area contributed by atoms with Crippen LogP contribution in [0.25, 0.3) is 0 Å². The maximum atomic E-state index is 10.9. The molecule has 0 spiro atoms. The number of methoxy groups -OCH3 is 1. The zero-order chi connectivity index (χ0) is 15.3. The molecule has 1 heterocycles. The summed E-state index contributed by atoms with van der Waals surface area (Å²) in [6.07, 6.45) is 12.0. The molecule has 0 aromatic carbocycles. The van der Waals surface area contributed by atoms with E-state index in [2.05, 4.69) is 9.64 Å². The summed E-state index contributed by atoms with van der Waals surface area (Å²) in [4.78, 5) is 13.3. The monoisotopic (exact) mass is 334 g/mol. The van der Waals surface area contributed by atoms with E-state index in [1.54, 1.807) is 0 Å². The van der Waals surface area contributed by atoms with Crippen LogP contribution in [-0.4, -0.2) is 48.8 Å². The van der Waals surface area contributed by atoms with Crippen LogP contribution in [0.1, 0.15) is 70.6 Å². The van der Waals surface area contributed by atoms with Gasteiger partial charge in [-0.15, -0.1) is 0 Å². The molecule has 0 aromatic rings. The molecule has 132 valence electrons. The summed E-state index contributed by atoms with van der Waals surface area (Å²) in [6.45, 7) is 3.19. The number of β-amino-alcohol motifs (C(OH)–C–C–N with tert-alkyl or cyclic N) is 1. The van der Waals surface area contributed by atoms with Crippen LogP contribution < -0.4 is 12.4 Å². The molecule has 0 aromatic heterocycles. The first-order valence-corrected chi connectivity index (χ1v) is 8.69. The van der Waals surface area contributed by atoms with Crippen molar-refractivity contribution in [2.45, 2.75) is 76.7 Å². The number of carbonyl (C=O) groups is 1. The van der Waals surface area contributed by atoms with Gasteiger partial charge in [-0.3, -0.25) is 4.79 Å². The van der Waals surface area contributed by atoms with E-state index in [0.717, 1.165) is 45.3 Å². The summed E-state index contributed by atoms with van der Waals surface area (Å²) >= 11 is 0. The Bertz CT molecular complexity index is 271. The highest BCUT2D eigenvalue weighted by Gasteiger charge is 2.13. The van der Waals surface area contributed by atoms with E-state index in [0.29, 0.717) is 6.42 Å². The molecule has 1 rings (SSSR count). The summed E-state index contributed by atoms with van der Waals surface area (Å²) in [5, 5.41) is 10.0. The molecule has 0 bridgehead atoms. The zero-order valence-electron chi connectivity index (χ0n) is 14.1. The molecular weight excluding hydrogens is 302 g/mol. The lowest BCUT2D eigenvalue weighted by Crippen LogP contribution is -3.00. The van der Waals surface area contributed by atoms with E-state index in [1.165, 1.54) is 45.6 Å². The molecule has 5 heteroatoms. The zero-order valence-corrected chi connectivity index (χ0v) is 14.8. The summed E-state index contributed by atoms with van der Waals surface area (Å²) in [5.41, 5.74) is 0. The number of ether oxygens (including phenoxy) is 1. The predicted molar refractivity (Wildman–Crippen MR) is 85.2 cm³/mol. The van der Waals surface area contributed by atoms with Gasteiger partial charge in [-0.2, -0.15) is 0 Å². The molecule has 4 nitrogen and oxygen atoms in total. The largest absolute Gasteiger partial charge is 1.00 e. The highest BCUT2D eigenvalue weighted by Crippen LogP contribution is 2.13. The fourth-order valence-corrected chi connectivity index (χ4v) is 2.99. The lowest BCUT2D eigenvalue weighted by atomic mass is 10.0. The molecule has 1 atom stereocenters. The van der Waals surface area contributed by atoms with E-state index in [4.69, 9.17) is 0 Å². The summed E-state index contributed by atoms with van der Waals surface area (Å²) in [6, 6.07) is 0. The smallest absolute Gasteiger partial charge is 0.305 e. The van der Waals surface area contributed by atoms with Crippen LogP contribution >= 0.6 is 0 Å². The molecular formula is C17H33ClNO3-. The van der Waals surface area contributed by atoms with Crippen LogP contribution in [0.4, 0.5) is 0 Å². The van der Waals surface area contributed by atoms with Crippen molar-refractivity contribution in [3.05, 3.63) is 0 Å². The van der Waals surface area contributed by atoms with E-state index >= 15 is 0 Å². The van der Waals surface area contributed by atoms with Gasteiger partial charge in [0.15, 0.2) is 0 Å². The number of aliphatic hydroxyl groups excluding tert-OH is 1. The van der Waals surface area contributed by atoms with Crippen LogP contribution in [0.3, 0.4) is 0 Å². The van der Waals surface area contributed by atoms with Gasteiger partial charge in [0.1, 0.15) is 0 Å². The number of likely N-dealkylation sites (tertiary alicyclic amines) is 1. The molecule has 0 amide bonds. The van der Waals surface area contributed by atoms with Crippen molar-refractivity contribution >= 4 is 5.97 Å². The normalized spacial score (nSPS) is 16.8. The fraction of sp³-hybridized carbons (Fsp3) is 0.941. The minimum atomic E-state index is -0.151. The van der Waals surface area contributed by atoms with E-state index in [-0.39, 0.29) is 24.5 Å². The average Bonchev–Trinajstić information content (AvgIpc) is 2.50. The van der Waals surface area contributed by atoms with Crippen molar-refractivity contribution in [2.75, 3.05) is 26.7 Å². The Labute approximate surface area is 142 Å². The topological polar surface area (TPSA) is 49.8 Å². The Morgan fingerprint density at radius 3 is 2.27 bits per heavy atom. The molecule has 0 saturated carbocycles. The van der Waals surface area contributed by atoms with Crippen LogP contribution in [0.2, 0.25) is 0 Å². The van der Waals surface area contributed by atoms with Gasteiger partial charge >= 0.3 is 5.97 Å². The minimum absolute atomic E-state index is 0. The lowest BCUT2D eigenvalue weighted by Gasteiger charge is -2.28. The molecule has 0 radical (unpaired) electrons. The van der Waals surface area contributed by atoms with Crippen molar-refractivity contribution in [3.63, 3.8) is 0 Å². The third-order valence-electron chi connectivity index (χ3n) is 4.31. The third-order valence-corrected chi connectivity index (χ3v) is 4.31. The number of halogens is 1. The van der Waals surface area contributed by atoms with Gasteiger partial charge in [-0.05, 0) is 38.8 Å². The van der Waals surface area contributed by atoms with E-state index < -0.39 is 0 Å². The van der Waals surface area contributed by atoms with Crippen LogP contribution in [0.15, 0.2) is 0 Å². The Morgan fingerprint density at radius 2 is 1.64 bits per heavy atom. The van der Waals surface area contributed by atoms with Gasteiger partial charge < -0.3 is 27.2 Å². The van der Waals surface area contributed by atoms with Gasteiger partial charge in [-0.25, -0.2) is 0 Å². The quantitative estimate of drug-likeness (QED) is 0.431. The van der Waals surface area contributed by atoms with Gasteiger partial charge in [0.2, 0.25) is 0 Å². The fourth-order valence-electron chi connectivity index (χ4n) is 2.99. The predicted octanol–water partition coefficient (Wildman–Crippen LogP) is 0.131. The number of esters is 1. The van der Waals surface area contributed by atoms with E-state index in [1.807, 2.05) is 0 Å². The molecule has 0 aliphatic carbocycles. The number of carbonyl (C=O) groups excluding carboxylic acids is 1. The van der Waals surface area contributed by atoms with Crippen molar-refractivity contribution in [2.24, 2.45) is 0 Å². The number of hydrogen-bond donors (Lipinski definition) is 1. The summed E-state index contributed by atoms with van der Waals surface area (Å²) < 4.78 is 4.61. The number of aliphatic hydroxyl groups is 1. The lowest BCUT2D eigenvalue weighted by molar-refractivity contribution is -0.140. The molecule has 22 heavy (non-hydrogen) atoms. The average molecular weight is 335 g/mol. The number of nitrogens with zero attached hydrogens (tertiary/aromatic N) is 1. The van der Waals surface area contributed by atoms with Crippen molar-refractivity contribution in [3.8, 4) is 0 Å². The third kappa shape index (κ3) is 11.3. The van der Waals surface area contributed by atoms with Crippen LogP contribution in [-0.2, 0) is 9.53 Å². The number of piperidine rings is 1. The number of hydrogen-bond acceptors (Lipinski definition) is 4. The second-order valence-electron chi connectivity index (χ2n) is 6.25. The highest BCUT2D eigenvalue weighted by atomic mass is 35.5. The van der Waals surface area contributed by atoms with Gasteiger partial charge in [0.05, 0.1) is 13.2 Å². The van der Waals surface area contributed by atoms with Gasteiger partial charge in [0.25, 0.3) is 0 Å². The summed E-state index contributed by atoms with van der Waals surface area (Å²) in [5.74, 6) is -0.101. The Kier molecular flexibility index (Phi) is 14.1. The second-order valence-corrected chi connectivity index (χ2v) is 6.25. The van der Waals surface area contributed by atoms with Crippen LogP contribution in [0.5, 0.6) is 0 Å². The molecule has 1 aliphatic rings. The summed E-state index contributed by atoms with van der Waals surface area (Å²) in [7, 11) is 1.44. The van der Waals surface area contributed by atoms with Gasteiger partial charge in [0, 0.05) is 13.0 Å². The molecule has 1 aliphatic heterocycles. The first-order chi connectivity index (χ1) is 10.2. The van der Waals surface area contributed by atoms with Gasteiger partial charge in [-0.1, -0.05) is 38.5 Å². The second kappa shape index (κ2) is 14.3. The molecule has 1 saturated heterocycles. The maximum Gasteiger partial charge on any atom is 0.305 e. The minimum Gasteiger partial charge on any atom is -1.00 e. The Morgan fingerprint density at radius 1 is 1.05 bits per heavy atom. The first kappa shape index (κ1) is 21.7. The number of rotatable bonds is 11. The maximum absolute atomic E-state index is 10.9. The molecule has 1 fully saturated rings.